The Bertz CT molecular complexity index is 1160. The van der Waals surface area contributed by atoms with E-state index in [2.05, 4.69) is 15.9 Å². The average molecular weight is 482 g/mol. The Kier molecular flexibility index (Phi) is 4.88. The third-order valence-corrected chi connectivity index (χ3v) is 6.23. The lowest BCUT2D eigenvalue weighted by atomic mass is 9.95. The highest BCUT2D eigenvalue weighted by molar-refractivity contribution is 9.10. The van der Waals surface area contributed by atoms with Gasteiger partial charge in [0, 0.05) is 27.0 Å². The van der Waals surface area contributed by atoms with Crippen LogP contribution in [0.3, 0.4) is 0 Å². The maximum Gasteiger partial charge on any atom is 0.251 e. The molecule has 30 heavy (non-hydrogen) atoms. The van der Waals surface area contributed by atoms with Crippen molar-refractivity contribution in [2.75, 3.05) is 0 Å². The number of hydrogen-bond acceptors (Lipinski definition) is 4. The molecule has 2 aliphatic heterocycles. The predicted octanol–water partition coefficient (Wildman–Crippen LogP) is 6.16. The van der Waals surface area contributed by atoms with Gasteiger partial charge < -0.3 is 4.74 Å². The highest BCUT2D eigenvalue weighted by Crippen LogP contribution is 2.44. The van der Waals surface area contributed by atoms with Gasteiger partial charge in [-0.2, -0.15) is 5.10 Å². The summed E-state index contributed by atoms with van der Waals surface area (Å²) in [6.45, 7) is 2.00. The van der Waals surface area contributed by atoms with Gasteiger partial charge in [0.1, 0.15) is 5.75 Å². The van der Waals surface area contributed by atoms with Crippen molar-refractivity contribution in [3.05, 3.63) is 98.5 Å². The number of nitrogens with zero attached hydrogens (tertiary/aromatic N) is 2. The first-order valence-electron chi connectivity index (χ1n) is 9.68. The van der Waals surface area contributed by atoms with Crippen LogP contribution in [0, 0.1) is 6.92 Å². The van der Waals surface area contributed by atoms with E-state index in [0.29, 0.717) is 17.0 Å². The van der Waals surface area contributed by atoms with E-state index in [1.54, 1.807) is 5.01 Å². The number of Topliss-reactive ketones (excluding diaryl/α,β-unsaturated/α-hetero) is 1. The van der Waals surface area contributed by atoms with Crippen LogP contribution in [0.25, 0.3) is 0 Å². The molecule has 0 saturated carbocycles. The van der Waals surface area contributed by atoms with E-state index in [4.69, 9.17) is 21.4 Å². The number of fused-ring (bicyclic) bond motifs is 3. The lowest BCUT2D eigenvalue weighted by molar-refractivity contribution is -0.00459. The summed E-state index contributed by atoms with van der Waals surface area (Å²) >= 11 is 9.60. The number of ether oxygens (including phenoxy) is 1. The summed E-state index contributed by atoms with van der Waals surface area (Å²) in [7, 11) is 0. The summed E-state index contributed by atoms with van der Waals surface area (Å²) in [6.07, 6.45) is -0.122. The first-order chi connectivity index (χ1) is 14.5. The van der Waals surface area contributed by atoms with E-state index >= 15 is 0 Å². The molecule has 0 unspecified atom stereocenters. The molecule has 3 aromatic carbocycles. The van der Waals surface area contributed by atoms with Crippen molar-refractivity contribution in [3.63, 3.8) is 0 Å². The minimum atomic E-state index is -0.809. The van der Waals surface area contributed by atoms with Crippen molar-refractivity contribution in [2.24, 2.45) is 5.10 Å². The van der Waals surface area contributed by atoms with Gasteiger partial charge in [-0.05, 0) is 42.8 Å². The first kappa shape index (κ1) is 19.3. The standard InChI is InChI=1S/C24H18BrClN2O2/c1-14-2-4-16(5-3-14)23(29)24-28-21(19-12-17(25)8-11-22(19)30-24)13-20(27-28)15-6-9-18(26)10-7-15/h2-12,21,24H,13H2,1H3/t21-,24-/m0/s1. The van der Waals surface area contributed by atoms with Crippen molar-refractivity contribution in [3.8, 4) is 5.75 Å². The molecular formula is C24H18BrClN2O2. The van der Waals surface area contributed by atoms with Gasteiger partial charge in [-0.25, -0.2) is 5.01 Å². The van der Waals surface area contributed by atoms with Gasteiger partial charge in [0.25, 0.3) is 6.23 Å². The predicted molar refractivity (Wildman–Crippen MR) is 121 cm³/mol. The number of carbonyl (C=O) groups excluding carboxylic acids is 1. The Hall–Kier alpha value is -2.63. The largest absolute Gasteiger partial charge is 0.461 e. The van der Waals surface area contributed by atoms with Crippen LogP contribution in [0.2, 0.25) is 5.02 Å². The zero-order chi connectivity index (χ0) is 20.8. The number of ketones is 1. The van der Waals surface area contributed by atoms with E-state index in [9.17, 15) is 4.79 Å². The summed E-state index contributed by atoms with van der Waals surface area (Å²) < 4.78 is 7.14. The minimum absolute atomic E-state index is 0.0728. The molecule has 0 saturated heterocycles. The second kappa shape index (κ2) is 7.56. The molecule has 0 radical (unpaired) electrons. The Labute approximate surface area is 188 Å². The van der Waals surface area contributed by atoms with Gasteiger partial charge in [0.2, 0.25) is 5.78 Å². The van der Waals surface area contributed by atoms with E-state index in [1.165, 1.54) is 0 Å². The third kappa shape index (κ3) is 3.42. The van der Waals surface area contributed by atoms with Crippen LogP contribution >= 0.6 is 27.5 Å². The molecule has 0 spiro atoms. The highest BCUT2D eigenvalue weighted by Gasteiger charge is 2.43. The second-order valence-corrected chi connectivity index (χ2v) is 8.89. The zero-order valence-electron chi connectivity index (χ0n) is 16.2. The number of hydrogen-bond donors (Lipinski definition) is 0. The lowest BCUT2D eigenvalue weighted by Gasteiger charge is -2.37. The van der Waals surface area contributed by atoms with Gasteiger partial charge in [0.05, 0.1) is 11.8 Å². The molecule has 0 amide bonds. The summed E-state index contributed by atoms with van der Waals surface area (Å²) in [4.78, 5) is 13.4. The Balaban J connectivity index is 1.57. The molecule has 4 nitrogen and oxygen atoms in total. The number of carbonyl (C=O) groups is 1. The van der Waals surface area contributed by atoms with Gasteiger partial charge in [-0.3, -0.25) is 4.79 Å². The molecule has 6 heteroatoms. The summed E-state index contributed by atoms with van der Waals surface area (Å²) in [5.41, 5.74) is 4.64. The van der Waals surface area contributed by atoms with Crippen LogP contribution in [-0.2, 0) is 0 Å². The molecule has 2 atom stereocenters. The third-order valence-electron chi connectivity index (χ3n) is 5.49. The van der Waals surface area contributed by atoms with Crippen molar-refractivity contribution in [2.45, 2.75) is 25.6 Å². The van der Waals surface area contributed by atoms with Crippen molar-refractivity contribution in [1.29, 1.82) is 0 Å². The maximum atomic E-state index is 13.4. The van der Waals surface area contributed by atoms with Gasteiger partial charge >= 0.3 is 0 Å². The molecule has 2 heterocycles. The Morgan fingerprint density at radius 3 is 2.57 bits per heavy atom. The number of hydrazone groups is 1. The summed E-state index contributed by atoms with van der Waals surface area (Å²) in [5, 5.41) is 7.32. The zero-order valence-corrected chi connectivity index (χ0v) is 18.5. The number of aryl methyl sites for hydroxylation is 1. The highest BCUT2D eigenvalue weighted by atomic mass is 79.9. The van der Waals surface area contributed by atoms with E-state index in [1.807, 2.05) is 73.7 Å². The van der Waals surface area contributed by atoms with Crippen LogP contribution in [0.5, 0.6) is 5.75 Å². The maximum absolute atomic E-state index is 13.4. The average Bonchev–Trinajstić information content (AvgIpc) is 3.19. The molecular weight excluding hydrogens is 464 g/mol. The Morgan fingerprint density at radius 2 is 1.83 bits per heavy atom. The van der Waals surface area contributed by atoms with E-state index in [0.717, 1.165) is 32.6 Å². The fraction of sp³-hybridized carbons (Fsp3) is 0.167. The van der Waals surface area contributed by atoms with Gasteiger partial charge in [-0.15, -0.1) is 0 Å². The molecule has 3 aromatic rings. The Morgan fingerprint density at radius 1 is 1.10 bits per heavy atom. The molecule has 0 fully saturated rings. The van der Waals surface area contributed by atoms with Crippen LogP contribution in [-0.4, -0.2) is 22.7 Å². The quantitative estimate of drug-likeness (QED) is 0.421. The van der Waals surface area contributed by atoms with Crippen LogP contribution in [0.4, 0.5) is 0 Å². The molecule has 0 bridgehead atoms. The second-order valence-electron chi connectivity index (χ2n) is 7.54. The lowest BCUT2D eigenvalue weighted by Crippen LogP contribution is -2.45. The monoisotopic (exact) mass is 480 g/mol. The van der Waals surface area contributed by atoms with Crippen LogP contribution in [0.15, 0.2) is 76.3 Å². The molecule has 0 aromatic heterocycles. The molecule has 2 aliphatic rings. The van der Waals surface area contributed by atoms with Gasteiger partial charge in [0.15, 0.2) is 0 Å². The smallest absolute Gasteiger partial charge is 0.251 e. The number of halogens is 2. The van der Waals surface area contributed by atoms with Crippen LogP contribution < -0.4 is 4.74 Å². The normalized spacial score (nSPS) is 19.6. The van der Waals surface area contributed by atoms with Crippen molar-refractivity contribution < 1.29 is 9.53 Å². The molecule has 150 valence electrons. The molecule has 0 N–H and O–H groups in total. The molecule has 0 aliphatic carbocycles. The van der Waals surface area contributed by atoms with E-state index in [-0.39, 0.29) is 11.8 Å². The topological polar surface area (TPSA) is 41.9 Å². The fourth-order valence-corrected chi connectivity index (χ4v) is 4.41. The van der Waals surface area contributed by atoms with Crippen molar-refractivity contribution >= 4 is 39.0 Å². The minimum Gasteiger partial charge on any atom is -0.461 e. The summed E-state index contributed by atoms with van der Waals surface area (Å²) in [5.74, 6) is 0.618. The SMILES string of the molecule is Cc1ccc(C(=O)[C@@H]2Oc3ccc(Br)cc3[C@@H]3CC(c4ccc(Cl)cc4)=NN23)cc1. The summed E-state index contributed by atoms with van der Waals surface area (Å²) in [6, 6.07) is 21.0. The first-order valence-corrected chi connectivity index (χ1v) is 10.9. The molecule has 5 rings (SSSR count). The van der Waals surface area contributed by atoms with Crippen LogP contribution in [0.1, 0.15) is 39.5 Å². The fourth-order valence-electron chi connectivity index (χ4n) is 3.91. The number of rotatable bonds is 3. The number of benzene rings is 3. The van der Waals surface area contributed by atoms with Gasteiger partial charge in [-0.1, -0.05) is 69.5 Å². The van der Waals surface area contributed by atoms with E-state index < -0.39 is 6.23 Å². The van der Waals surface area contributed by atoms with Crippen molar-refractivity contribution in [1.82, 2.24) is 5.01 Å².